The molecule has 4 heteroatoms. The highest BCUT2D eigenvalue weighted by Crippen LogP contribution is 2.28. The predicted octanol–water partition coefficient (Wildman–Crippen LogP) is 2.73. The first-order valence-electron chi connectivity index (χ1n) is 4.63. The van der Waals surface area contributed by atoms with Crippen LogP contribution in [-0.2, 0) is 0 Å². The van der Waals surface area contributed by atoms with Crippen LogP contribution in [0.4, 0.5) is 0 Å². The van der Waals surface area contributed by atoms with E-state index >= 15 is 0 Å². The maximum Gasteiger partial charge on any atom is 0.167 e. The Morgan fingerprint density at radius 3 is 3.00 bits per heavy atom. The van der Waals surface area contributed by atoms with E-state index in [1.165, 1.54) is 0 Å². The van der Waals surface area contributed by atoms with Gasteiger partial charge in [0, 0.05) is 11.8 Å². The molecule has 0 saturated carbocycles. The maximum absolute atomic E-state index is 11.7. The van der Waals surface area contributed by atoms with Gasteiger partial charge in [-0.1, -0.05) is 6.07 Å². The molecule has 0 aliphatic carbocycles. The van der Waals surface area contributed by atoms with Gasteiger partial charge >= 0.3 is 0 Å². The summed E-state index contributed by atoms with van der Waals surface area (Å²) < 4.78 is 6.20. The van der Waals surface area contributed by atoms with E-state index in [0.29, 0.717) is 24.1 Å². The van der Waals surface area contributed by atoms with Crippen molar-refractivity contribution in [2.24, 2.45) is 5.73 Å². The summed E-state index contributed by atoms with van der Waals surface area (Å²) in [4.78, 5) is 11.7. The van der Waals surface area contributed by atoms with Gasteiger partial charge in [-0.25, -0.2) is 0 Å². The summed E-state index contributed by atoms with van der Waals surface area (Å²) in [6.07, 6.45) is 1.93. The molecule has 0 bridgehead atoms. The molecule has 0 saturated heterocycles. The van der Waals surface area contributed by atoms with Gasteiger partial charge in [-0.05, 0) is 34.6 Å². The Hall–Kier alpha value is -1.13. The number of carbonyl (C=O) groups excluding carboxylic acids is 1. The fourth-order valence-corrected chi connectivity index (χ4v) is 1.92. The van der Waals surface area contributed by atoms with Crippen molar-refractivity contribution < 1.29 is 9.21 Å². The molecule has 2 N–H and O–H groups in total. The summed E-state index contributed by atoms with van der Waals surface area (Å²) in [6.45, 7) is 0.358. The molecule has 3 nitrogen and oxygen atoms in total. The number of para-hydroxylation sites is 1. The number of nitrogens with two attached hydrogens (primary N) is 1. The number of halogens is 1. The van der Waals surface area contributed by atoms with Crippen LogP contribution in [0.1, 0.15) is 16.8 Å². The van der Waals surface area contributed by atoms with Gasteiger partial charge in [0.05, 0.1) is 10.0 Å². The van der Waals surface area contributed by atoms with Crippen LogP contribution in [0.25, 0.3) is 11.0 Å². The van der Waals surface area contributed by atoms with Crippen LogP contribution < -0.4 is 5.73 Å². The number of benzene rings is 1. The number of hydrogen-bond acceptors (Lipinski definition) is 3. The van der Waals surface area contributed by atoms with E-state index in [1.807, 2.05) is 12.1 Å². The Morgan fingerprint density at radius 1 is 1.47 bits per heavy atom. The number of Topliss-reactive ketones (excluding diaryl/α,β-unsaturated/α-hetero) is 1. The van der Waals surface area contributed by atoms with E-state index in [9.17, 15) is 4.79 Å². The highest BCUT2D eigenvalue weighted by Gasteiger charge is 2.13. The first kappa shape index (κ1) is 10.4. The molecule has 1 heterocycles. The zero-order valence-corrected chi connectivity index (χ0v) is 9.58. The van der Waals surface area contributed by atoms with Crippen molar-refractivity contribution in [1.82, 2.24) is 0 Å². The number of hydrogen-bond donors (Lipinski definition) is 1. The lowest BCUT2D eigenvalue weighted by molar-refractivity contribution is 0.0986. The molecule has 0 amide bonds. The smallest absolute Gasteiger partial charge is 0.167 e. The van der Waals surface area contributed by atoms with Gasteiger partial charge in [-0.2, -0.15) is 0 Å². The molecule has 78 valence electrons. The van der Waals surface area contributed by atoms with Crippen LogP contribution in [0.5, 0.6) is 0 Å². The molecule has 0 aliphatic rings. The standard InChI is InChI=1S/C11H10BrNO2/c12-9-6-15-11-7(9)2-1-3-8(11)10(14)4-5-13/h1-3,6H,4-5,13H2. The van der Waals surface area contributed by atoms with Gasteiger partial charge in [-0.15, -0.1) is 0 Å². The van der Waals surface area contributed by atoms with E-state index in [1.54, 1.807) is 12.3 Å². The minimum Gasteiger partial charge on any atom is -0.462 e. The monoisotopic (exact) mass is 267 g/mol. The van der Waals surface area contributed by atoms with Crippen LogP contribution in [0.3, 0.4) is 0 Å². The Bertz CT molecular complexity index is 504. The molecule has 0 spiro atoms. The molecule has 2 rings (SSSR count). The quantitative estimate of drug-likeness (QED) is 0.871. The Labute approximate surface area is 95.4 Å². The van der Waals surface area contributed by atoms with Gasteiger partial charge in [0.2, 0.25) is 0 Å². The molecule has 0 fully saturated rings. The van der Waals surface area contributed by atoms with E-state index < -0.39 is 0 Å². The van der Waals surface area contributed by atoms with Crippen LogP contribution in [0.15, 0.2) is 33.4 Å². The van der Waals surface area contributed by atoms with Crippen LogP contribution >= 0.6 is 15.9 Å². The average molecular weight is 268 g/mol. The molecule has 0 radical (unpaired) electrons. The SMILES string of the molecule is NCCC(=O)c1cccc2c(Br)coc12. The molecule has 2 aromatic rings. The maximum atomic E-state index is 11.7. The normalized spacial score (nSPS) is 10.8. The van der Waals surface area contributed by atoms with E-state index in [4.69, 9.17) is 10.2 Å². The fraction of sp³-hybridized carbons (Fsp3) is 0.182. The number of carbonyl (C=O) groups is 1. The van der Waals surface area contributed by atoms with Gasteiger partial charge in [0.25, 0.3) is 0 Å². The number of furan rings is 1. The Morgan fingerprint density at radius 2 is 2.27 bits per heavy atom. The van der Waals surface area contributed by atoms with Crippen molar-refractivity contribution in [3.8, 4) is 0 Å². The van der Waals surface area contributed by atoms with Crippen molar-refractivity contribution >= 4 is 32.7 Å². The minimum atomic E-state index is 0.0185. The van der Waals surface area contributed by atoms with Crippen molar-refractivity contribution in [1.29, 1.82) is 0 Å². The summed E-state index contributed by atoms with van der Waals surface area (Å²) >= 11 is 3.36. The lowest BCUT2D eigenvalue weighted by atomic mass is 10.1. The largest absolute Gasteiger partial charge is 0.462 e. The zero-order chi connectivity index (χ0) is 10.8. The topological polar surface area (TPSA) is 56.2 Å². The average Bonchev–Trinajstić information content (AvgIpc) is 2.61. The molecule has 0 atom stereocenters. The number of rotatable bonds is 3. The second-order valence-electron chi connectivity index (χ2n) is 3.23. The summed E-state index contributed by atoms with van der Waals surface area (Å²) in [7, 11) is 0. The number of ketones is 1. The molecular weight excluding hydrogens is 258 g/mol. The number of fused-ring (bicyclic) bond motifs is 1. The molecule has 15 heavy (non-hydrogen) atoms. The third-order valence-corrected chi connectivity index (χ3v) is 2.84. The second-order valence-corrected chi connectivity index (χ2v) is 4.08. The summed E-state index contributed by atoms with van der Waals surface area (Å²) in [5.74, 6) is 0.0185. The third kappa shape index (κ3) is 1.82. The van der Waals surface area contributed by atoms with E-state index in [0.717, 1.165) is 9.86 Å². The summed E-state index contributed by atoms with van der Waals surface area (Å²) in [5.41, 5.74) is 6.58. The molecule has 0 aliphatic heterocycles. The zero-order valence-electron chi connectivity index (χ0n) is 8.00. The lowest BCUT2D eigenvalue weighted by Crippen LogP contribution is -2.08. The first-order valence-corrected chi connectivity index (χ1v) is 5.42. The molecule has 0 unspecified atom stereocenters. The molecular formula is C11H10BrNO2. The second kappa shape index (κ2) is 4.16. The highest BCUT2D eigenvalue weighted by molar-refractivity contribution is 9.10. The summed E-state index contributed by atoms with van der Waals surface area (Å²) in [6, 6.07) is 5.50. The Balaban J connectivity index is 2.56. The minimum absolute atomic E-state index is 0.0185. The highest BCUT2D eigenvalue weighted by atomic mass is 79.9. The van der Waals surface area contributed by atoms with Crippen LogP contribution in [0.2, 0.25) is 0 Å². The van der Waals surface area contributed by atoms with Gasteiger partial charge in [0.15, 0.2) is 5.78 Å². The van der Waals surface area contributed by atoms with Gasteiger partial charge < -0.3 is 10.2 Å². The first-order chi connectivity index (χ1) is 7.24. The van der Waals surface area contributed by atoms with Crippen molar-refractivity contribution in [3.63, 3.8) is 0 Å². The van der Waals surface area contributed by atoms with Gasteiger partial charge in [-0.3, -0.25) is 4.79 Å². The molecule has 1 aromatic carbocycles. The van der Waals surface area contributed by atoms with Crippen LogP contribution in [0, 0.1) is 0 Å². The Kier molecular flexibility index (Phi) is 2.88. The van der Waals surface area contributed by atoms with Gasteiger partial charge in [0.1, 0.15) is 11.8 Å². The molecule has 1 aromatic heterocycles. The lowest BCUT2D eigenvalue weighted by Gasteiger charge is -1.99. The van der Waals surface area contributed by atoms with Crippen LogP contribution in [-0.4, -0.2) is 12.3 Å². The summed E-state index contributed by atoms with van der Waals surface area (Å²) in [5, 5.41) is 0.915. The fourth-order valence-electron chi connectivity index (χ4n) is 1.51. The van der Waals surface area contributed by atoms with Crippen molar-refractivity contribution in [3.05, 3.63) is 34.5 Å². The predicted molar refractivity (Wildman–Crippen MR) is 61.9 cm³/mol. The van der Waals surface area contributed by atoms with Crippen molar-refractivity contribution in [2.75, 3.05) is 6.54 Å². The van der Waals surface area contributed by atoms with Crippen molar-refractivity contribution in [2.45, 2.75) is 6.42 Å². The third-order valence-electron chi connectivity index (χ3n) is 2.22. The van der Waals surface area contributed by atoms with E-state index in [-0.39, 0.29) is 5.78 Å². The van der Waals surface area contributed by atoms with E-state index in [2.05, 4.69) is 15.9 Å².